The van der Waals surface area contributed by atoms with Gasteiger partial charge in [0.25, 0.3) is 0 Å². The highest BCUT2D eigenvalue weighted by Crippen LogP contribution is 2.29. The summed E-state index contributed by atoms with van der Waals surface area (Å²) in [5.41, 5.74) is 0. The maximum atomic E-state index is 11.4. The highest BCUT2D eigenvalue weighted by molar-refractivity contribution is 5.77. The van der Waals surface area contributed by atoms with Crippen molar-refractivity contribution in [2.24, 2.45) is 5.92 Å². The molecule has 0 spiro atoms. The smallest absolute Gasteiger partial charge is 0.246 e. The molecule has 3 heteroatoms. The zero-order valence-electron chi connectivity index (χ0n) is 9.92. The Kier molecular flexibility index (Phi) is 5.69. The number of amides is 1. The summed E-state index contributed by atoms with van der Waals surface area (Å²) in [6.07, 6.45) is 7.46. The third-order valence-corrected chi connectivity index (χ3v) is 3.21. The highest BCUT2D eigenvalue weighted by Gasteiger charge is 2.27. The van der Waals surface area contributed by atoms with E-state index in [2.05, 4.69) is 12.2 Å². The molecule has 2 unspecified atom stereocenters. The Morgan fingerprint density at radius 1 is 1.47 bits per heavy atom. The van der Waals surface area contributed by atoms with Crippen LogP contribution in [0.2, 0.25) is 0 Å². The largest absolute Gasteiger partial charge is 0.375 e. The van der Waals surface area contributed by atoms with E-state index in [0.717, 1.165) is 6.42 Å². The number of carbonyl (C=O) groups excluding carboxylic acids is 1. The van der Waals surface area contributed by atoms with Crippen LogP contribution >= 0.6 is 0 Å². The van der Waals surface area contributed by atoms with E-state index >= 15 is 0 Å². The summed E-state index contributed by atoms with van der Waals surface area (Å²) >= 11 is 0. The summed E-state index contributed by atoms with van der Waals surface area (Å²) in [4.78, 5) is 11.4. The minimum absolute atomic E-state index is 0.0332. The molecule has 1 N–H and O–H groups in total. The fourth-order valence-corrected chi connectivity index (χ4v) is 2.42. The maximum absolute atomic E-state index is 11.4. The second-order valence-corrected chi connectivity index (χ2v) is 4.44. The average Bonchev–Trinajstić information content (AvgIpc) is 2.63. The van der Waals surface area contributed by atoms with Gasteiger partial charge in [-0.3, -0.25) is 4.79 Å². The molecule has 0 aromatic rings. The molecule has 1 fully saturated rings. The number of unbranched alkanes of at least 4 members (excludes halogenated alkanes) is 1. The first kappa shape index (κ1) is 12.5. The van der Waals surface area contributed by atoms with Crippen molar-refractivity contribution in [3.8, 4) is 0 Å². The van der Waals surface area contributed by atoms with Gasteiger partial charge in [-0.25, -0.2) is 0 Å². The zero-order chi connectivity index (χ0) is 11.1. The topological polar surface area (TPSA) is 38.3 Å². The molecule has 1 aliphatic rings. The second kappa shape index (κ2) is 6.83. The molecule has 0 aliphatic heterocycles. The standard InChI is InChI=1S/C12H23NO2/c1-3-4-6-10-7-5-8-11(10)13-12(14)9-15-2/h10-11H,3-9H2,1-2H3,(H,13,14). The minimum atomic E-state index is 0.0332. The van der Waals surface area contributed by atoms with Crippen LogP contribution in [0.5, 0.6) is 0 Å². The first-order chi connectivity index (χ1) is 7.27. The lowest BCUT2D eigenvalue weighted by atomic mass is 9.97. The predicted octanol–water partition coefficient (Wildman–Crippen LogP) is 2.11. The normalized spacial score (nSPS) is 25.5. The molecule has 15 heavy (non-hydrogen) atoms. The van der Waals surface area contributed by atoms with Gasteiger partial charge in [-0.2, -0.15) is 0 Å². The van der Waals surface area contributed by atoms with Crippen molar-refractivity contribution < 1.29 is 9.53 Å². The van der Waals surface area contributed by atoms with E-state index < -0.39 is 0 Å². The van der Waals surface area contributed by atoms with Crippen LogP contribution in [0.1, 0.15) is 45.4 Å². The molecule has 3 nitrogen and oxygen atoms in total. The quantitative estimate of drug-likeness (QED) is 0.734. The Hall–Kier alpha value is -0.570. The van der Waals surface area contributed by atoms with Gasteiger partial charge >= 0.3 is 0 Å². The van der Waals surface area contributed by atoms with Crippen LogP contribution in [0.3, 0.4) is 0 Å². The van der Waals surface area contributed by atoms with Crippen molar-refractivity contribution in [2.75, 3.05) is 13.7 Å². The maximum Gasteiger partial charge on any atom is 0.246 e. The highest BCUT2D eigenvalue weighted by atomic mass is 16.5. The first-order valence-corrected chi connectivity index (χ1v) is 6.06. The van der Waals surface area contributed by atoms with Gasteiger partial charge in [-0.05, 0) is 25.2 Å². The summed E-state index contributed by atoms with van der Waals surface area (Å²) in [6, 6.07) is 0.402. The zero-order valence-corrected chi connectivity index (χ0v) is 9.92. The number of nitrogens with one attached hydrogen (secondary N) is 1. The fourth-order valence-electron chi connectivity index (χ4n) is 2.42. The molecule has 1 saturated carbocycles. The third kappa shape index (κ3) is 4.20. The second-order valence-electron chi connectivity index (χ2n) is 4.44. The lowest BCUT2D eigenvalue weighted by molar-refractivity contribution is -0.125. The predicted molar refractivity (Wildman–Crippen MR) is 60.7 cm³/mol. The van der Waals surface area contributed by atoms with E-state index in [1.807, 2.05) is 0 Å². The van der Waals surface area contributed by atoms with E-state index in [4.69, 9.17) is 4.74 Å². The molecule has 0 aromatic carbocycles. The third-order valence-electron chi connectivity index (χ3n) is 3.21. The Morgan fingerprint density at radius 3 is 2.93 bits per heavy atom. The molecule has 0 radical (unpaired) electrons. The molecular weight excluding hydrogens is 190 g/mol. The van der Waals surface area contributed by atoms with E-state index in [-0.39, 0.29) is 12.5 Å². The van der Waals surface area contributed by atoms with E-state index in [0.29, 0.717) is 12.0 Å². The molecule has 1 amide bonds. The Labute approximate surface area is 92.6 Å². The van der Waals surface area contributed by atoms with Crippen LogP contribution < -0.4 is 5.32 Å². The summed E-state index contributed by atoms with van der Waals surface area (Å²) in [5, 5.41) is 3.07. The Morgan fingerprint density at radius 2 is 2.27 bits per heavy atom. The van der Waals surface area contributed by atoms with Crippen molar-refractivity contribution in [1.82, 2.24) is 5.32 Å². The van der Waals surface area contributed by atoms with Crippen LogP contribution in [0, 0.1) is 5.92 Å². The molecular formula is C12H23NO2. The lowest BCUT2D eigenvalue weighted by Gasteiger charge is -2.20. The SMILES string of the molecule is CCCCC1CCCC1NC(=O)COC. The summed E-state index contributed by atoms with van der Waals surface area (Å²) in [7, 11) is 1.56. The van der Waals surface area contributed by atoms with Crippen LogP contribution in [-0.4, -0.2) is 25.7 Å². The van der Waals surface area contributed by atoms with Crippen molar-refractivity contribution in [2.45, 2.75) is 51.5 Å². The van der Waals surface area contributed by atoms with E-state index in [9.17, 15) is 4.79 Å². The number of methoxy groups -OCH3 is 1. The molecule has 2 atom stereocenters. The van der Waals surface area contributed by atoms with Gasteiger partial charge in [-0.1, -0.05) is 26.2 Å². The van der Waals surface area contributed by atoms with Crippen LogP contribution in [0.4, 0.5) is 0 Å². The molecule has 1 aliphatic carbocycles. The molecule has 0 bridgehead atoms. The molecule has 0 heterocycles. The molecule has 0 aromatic heterocycles. The van der Waals surface area contributed by atoms with Crippen LogP contribution in [0.15, 0.2) is 0 Å². The van der Waals surface area contributed by atoms with E-state index in [1.54, 1.807) is 7.11 Å². The summed E-state index contributed by atoms with van der Waals surface area (Å²) in [6.45, 7) is 2.41. The minimum Gasteiger partial charge on any atom is -0.375 e. The summed E-state index contributed by atoms with van der Waals surface area (Å²) < 4.78 is 4.82. The van der Waals surface area contributed by atoms with Crippen molar-refractivity contribution in [3.63, 3.8) is 0 Å². The van der Waals surface area contributed by atoms with Crippen LogP contribution in [-0.2, 0) is 9.53 Å². The summed E-state index contributed by atoms with van der Waals surface area (Å²) in [5.74, 6) is 0.733. The van der Waals surface area contributed by atoms with Gasteiger partial charge in [0.1, 0.15) is 6.61 Å². The number of ether oxygens (including phenoxy) is 1. The lowest BCUT2D eigenvalue weighted by Crippen LogP contribution is -2.39. The number of rotatable bonds is 6. The monoisotopic (exact) mass is 213 g/mol. The van der Waals surface area contributed by atoms with Gasteiger partial charge < -0.3 is 10.1 Å². The van der Waals surface area contributed by atoms with Gasteiger partial charge in [0.2, 0.25) is 5.91 Å². The van der Waals surface area contributed by atoms with Crippen molar-refractivity contribution in [3.05, 3.63) is 0 Å². The molecule has 0 saturated heterocycles. The van der Waals surface area contributed by atoms with Gasteiger partial charge in [0.05, 0.1) is 0 Å². The molecule has 1 rings (SSSR count). The average molecular weight is 213 g/mol. The van der Waals surface area contributed by atoms with Crippen molar-refractivity contribution in [1.29, 1.82) is 0 Å². The molecule has 88 valence electrons. The van der Waals surface area contributed by atoms with Crippen molar-refractivity contribution >= 4 is 5.91 Å². The Bertz CT molecular complexity index is 194. The van der Waals surface area contributed by atoms with E-state index in [1.165, 1.54) is 32.1 Å². The number of carbonyl (C=O) groups is 1. The number of hydrogen-bond acceptors (Lipinski definition) is 2. The first-order valence-electron chi connectivity index (χ1n) is 6.06. The Balaban J connectivity index is 2.29. The van der Waals surface area contributed by atoms with Gasteiger partial charge in [0, 0.05) is 13.2 Å². The number of hydrogen-bond donors (Lipinski definition) is 1. The fraction of sp³-hybridized carbons (Fsp3) is 0.917. The van der Waals surface area contributed by atoms with Crippen LogP contribution in [0.25, 0.3) is 0 Å². The van der Waals surface area contributed by atoms with Gasteiger partial charge in [-0.15, -0.1) is 0 Å². The van der Waals surface area contributed by atoms with Gasteiger partial charge in [0.15, 0.2) is 0 Å².